The van der Waals surface area contributed by atoms with Gasteiger partial charge in [-0.3, -0.25) is 4.79 Å². The summed E-state index contributed by atoms with van der Waals surface area (Å²) in [7, 11) is -3.57. The quantitative estimate of drug-likeness (QED) is 0.914. The number of carbonyl (C=O) groups excluding carboxylic acids is 1. The molecule has 9 heteroatoms. The molecule has 0 fully saturated rings. The van der Waals surface area contributed by atoms with E-state index in [0.29, 0.717) is 10.6 Å². The van der Waals surface area contributed by atoms with Crippen molar-refractivity contribution in [3.63, 3.8) is 0 Å². The summed E-state index contributed by atoms with van der Waals surface area (Å²) in [6.45, 7) is 1.60. The van der Waals surface area contributed by atoms with Crippen LogP contribution in [0.2, 0.25) is 5.02 Å². The first kappa shape index (κ1) is 15.5. The lowest BCUT2D eigenvalue weighted by atomic mass is 10.2. The van der Waals surface area contributed by atoms with Crippen LogP contribution in [0, 0.1) is 0 Å². The standard InChI is InChI=1S/C12H12ClN3O4S/c1-7(11-15-16-12(20-11)21(2,18)19)14-10(17)8-4-3-5-9(13)6-8/h3-7H,1-2H3,(H,14,17)/t7-/m0/s1. The van der Waals surface area contributed by atoms with Crippen molar-refractivity contribution in [3.8, 4) is 0 Å². The van der Waals surface area contributed by atoms with Crippen LogP contribution in [0.3, 0.4) is 0 Å². The van der Waals surface area contributed by atoms with Gasteiger partial charge in [0.05, 0.1) is 0 Å². The number of benzene rings is 1. The molecule has 1 atom stereocenters. The molecule has 1 N–H and O–H groups in total. The van der Waals surface area contributed by atoms with E-state index in [1.165, 1.54) is 6.07 Å². The van der Waals surface area contributed by atoms with E-state index in [0.717, 1.165) is 6.26 Å². The SMILES string of the molecule is C[C@H](NC(=O)c1cccc(Cl)c1)c1nnc(S(C)(=O)=O)o1. The molecule has 1 aromatic carbocycles. The molecule has 0 bridgehead atoms. The smallest absolute Gasteiger partial charge is 0.335 e. The van der Waals surface area contributed by atoms with Crippen LogP contribution in [0.15, 0.2) is 33.9 Å². The topological polar surface area (TPSA) is 102 Å². The third kappa shape index (κ3) is 3.79. The van der Waals surface area contributed by atoms with Crippen molar-refractivity contribution in [3.05, 3.63) is 40.7 Å². The van der Waals surface area contributed by atoms with Gasteiger partial charge in [-0.25, -0.2) is 8.42 Å². The molecule has 7 nitrogen and oxygen atoms in total. The first-order valence-corrected chi connectivity index (χ1v) is 8.14. The lowest BCUT2D eigenvalue weighted by molar-refractivity contribution is 0.0933. The molecule has 2 aromatic rings. The predicted molar refractivity (Wildman–Crippen MR) is 74.7 cm³/mol. The molecule has 0 saturated carbocycles. The molecule has 1 amide bonds. The number of rotatable bonds is 4. The molecule has 0 saturated heterocycles. The first-order chi connectivity index (χ1) is 9.77. The Balaban J connectivity index is 2.13. The molecular weight excluding hydrogens is 318 g/mol. The Morgan fingerprint density at radius 3 is 2.67 bits per heavy atom. The molecule has 1 aromatic heterocycles. The van der Waals surface area contributed by atoms with Crippen molar-refractivity contribution in [2.24, 2.45) is 0 Å². The summed E-state index contributed by atoms with van der Waals surface area (Å²) in [5.74, 6) is -0.380. The monoisotopic (exact) mass is 329 g/mol. The van der Waals surface area contributed by atoms with E-state index in [-0.39, 0.29) is 11.8 Å². The van der Waals surface area contributed by atoms with Gasteiger partial charge >= 0.3 is 5.22 Å². The van der Waals surface area contributed by atoms with Crippen molar-refractivity contribution in [1.29, 1.82) is 0 Å². The fourth-order valence-corrected chi connectivity index (χ4v) is 2.13. The third-order valence-corrected chi connectivity index (χ3v) is 3.58. The van der Waals surface area contributed by atoms with Crippen LogP contribution in [0.4, 0.5) is 0 Å². The maximum Gasteiger partial charge on any atom is 0.335 e. The third-order valence-electron chi connectivity index (χ3n) is 2.54. The van der Waals surface area contributed by atoms with Crippen molar-refractivity contribution in [2.75, 3.05) is 6.26 Å². The van der Waals surface area contributed by atoms with Gasteiger partial charge in [-0.2, -0.15) is 0 Å². The fraction of sp³-hybridized carbons (Fsp3) is 0.250. The highest BCUT2D eigenvalue weighted by Gasteiger charge is 2.21. The Kier molecular flexibility index (Phi) is 4.29. The van der Waals surface area contributed by atoms with Crippen molar-refractivity contribution in [2.45, 2.75) is 18.2 Å². The number of hydrogen-bond acceptors (Lipinski definition) is 6. The summed E-state index contributed by atoms with van der Waals surface area (Å²) in [5.41, 5.74) is 0.372. The molecule has 2 rings (SSSR count). The van der Waals surface area contributed by atoms with E-state index in [1.807, 2.05) is 0 Å². The highest BCUT2D eigenvalue weighted by atomic mass is 35.5. The second kappa shape index (κ2) is 5.82. The minimum Gasteiger partial charge on any atom is -0.410 e. The fourth-order valence-electron chi connectivity index (χ4n) is 1.52. The van der Waals surface area contributed by atoms with Gasteiger partial charge < -0.3 is 9.73 Å². The van der Waals surface area contributed by atoms with Gasteiger partial charge in [0.15, 0.2) is 0 Å². The predicted octanol–water partition coefficient (Wildman–Crippen LogP) is 1.62. The lowest BCUT2D eigenvalue weighted by Gasteiger charge is -2.09. The van der Waals surface area contributed by atoms with Gasteiger partial charge in [0.1, 0.15) is 6.04 Å². The Morgan fingerprint density at radius 1 is 1.38 bits per heavy atom. The normalized spacial score (nSPS) is 12.9. The second-order valence-electron chi connectivity index (χ2n) is 4.38. The highest BCUT2D eigenvalue weighted by molar-refractivity contribution is 7.90. The van der Waals surface area contributed by atoms with Crippen LogP contribution >= 0.6 is 11.6 Å². The van der Waals surface area contributed by atoms with Gasteiger partial charge in [-0.15, -0.1) is 5.10 Å². The van der Waals surface area contributed by atoms with Crippen molar-refractivity contribution >= 4 is 27.3 Å². The van der Waals surface area contributed by atoms with Crippen LogP contribution < -0.4 is 5.32 Å². The Bertz CT molecular complexity index is 772. The van der Waals surface area contributed by atoms with Crippen molar-refractivity contribution < 1.29 is 17.6 Å². The summed E-state index contributed by atoms with van der Waals surface area (Å²) < 4.78 is 27.5. The number of carbonyl (C=O) groups is 1. The van der Waals surface area contributed by atoms with Crippen LogP contribution in [0.1, 0.15) is 29.2 Å². The lowest BCUT2D eigenvalue weighted by Crippen LogP contribution is -2.26. The summed E-state index contributed by atoms with van der Waals surface area (Å²) in [6.07, 6.45) is 0.958. The maximum atomic E-state index is 12.0. The minimum absolute atomic E-state index is 0.00537. The molecule has 21 heavy (non-hydrogen) atoms. The zero-order chi connectivity index (χ0) is 15.6. The molecule has 0 spiro atoms. The van der Waals surface area contributed by atoms with E-state index >= 15 is 0 Å². The number of aromatic nitrogens is 2. The van der Waals surface area contributed by atoms with Crippen LogP contribution in [-0.4, -0.2) is 30.8 Å². The Hall–Kier alpha value is -1.93. The summed E-state index contributed by atoms with van der Waals surface area (Å²) in [6, 6.07) is 5.77. The van der Waals surface area contributed by atoms with Crippen LogP contribution in [0.5, 0.6) is 0 Å². The average molecular weight is 330 g/mol. The van der Waals surface area contributed by atoms with E-state index in [4.69, 9.17) is 16.0 Å². The summed E-state index contributed by atoms with van der Waals surface area (Å²) >= 11 is 5.81. The second-order valence-corrected chi connectivity index (χ2v) is 6.71. The van der Waals surface area contributed by atoms with Gasteiger partial charge in [0.2, 0.25) is 15.7 Å². The maximum absolute atomic E-state index is 12.0. The van der Waals surface area contributed by atoms with Gasteiger partial charge in [-0.05, 0) is 25.1 Å². The average Bonchev–Trinajstić information content (AvgIpc) is 2.88. The molecule has 0 aliphatic rings. The number of nitrogens with one attached hydrogen (secondary N) is 1. The Labute approximate surface area is 126 Å². The number of nitrogens with zero attached hydrogens (tertiary/aromatic N) is 2. The molecular formula is C12H12ClN3O4S. The van der Waals surface area contributed by atoms with Crippen molar-refractivity contribution in [1.82, 2.24) is 15.5 Å². The summed E-state index contributed by atoms with van der Waals surface area (Å²) in [5, 5.41) is 9.60. The van der Waals surface area contributed by atoms with Crippen LogP contribution in [0.25, 0.3) is 0 Å². The van der Waals surface area contributed by atoms with E-state index < -0.39 is 21.1 Å². The number of sulfone groups is 1. The summed E-state index contributed by atoms with van der Waals surface area (Å²) in [4.78, 5) is 12.0. The van der Waals surface area contributed by atoms with Gasteiger partial charge in [0, 0.05) is 16.8 Å². The first-order valence-electron chi connectivity index (χ1n) is 5.87. The van der Waals surface area contributed by atoms with E-state index in [1.54, 1.807) is 25.1 Å². The number of amides is 1. The zero-order valence-electron chi connectivity index (χ0n) is 11.2. The molecule has 0 aliphatic heterocycles. The Morgan fingerprint density at radius 2 is 2.10 bits per heavy atom. The number of hydrogen-bond donors (Lipinski definition) is 1. The zero-order valence-corrected chi connectivity index (χ0v) is 12.8. The molecule has 0 radical (unpaired) electrons. The highest BCUT2D eigenvalue weighted by Crippen LogP contribution is 2.16. The van der Waals surface area contributed by atoms with Gasteiger partial charge in [-0.1, -0.05) is 22.8 Å². The van der Waals surface area contributed by atoms with Crippen LogP contribution in [-0.2, 0) is 9.84 Å². The largest absolute Gasteiger partial charge is 0.410 e. The molecule has 0 aliphatic carbocycles. The minimum atomic E-state index is -3.57. The molecule has 0 unspecified atom stereocenters. The van der Waals surface area contributed by atoms with Gasteiger partial charge in [0.25, 0.3) is 5.91 Å². The number of halogens is 1. The van der Waals surface area contributed by atoms with E-state index in [2.05, 4.69) is 15.5 Å². The molecule has 112 valence electrons. The molecule has 1 heterocycles. The van der Waals surface area contributed by atoms with E-state index in [9.17, 15) is 13.2 Å².